The van der Waals surface area contributed by atoms with Gasteiger partial charge in [0.2, 0.25) is 0 Å². The van der Waals surface area contributed by atoms with Crippen LogP contribution in [0.25, 0.3) is 0 Å². The van der Waals surface area contributed by atoms with Crippen LogP contribution in [-0.4, -0.2) is 21.0 Å². The topological polar surface area (TPSA) is 109 Å². The Hall–Kier alpha value is -2.77. The van der Waals surface area contributed by atoms with Gasteiger partial charge < -0.3 is 15.8 Å². The molecule has 1 heterocycles. The number of anilines is 1. The van der Waals surface area contributed by atoms with Crippen LogP contribution in [0.2, 0.25) is 0 Å². The second kappa shape index (κ2) is 5.70. The van der Waals surface area contributed by atoms with Crippen LogP contribution in [0.4, 0.5) is 14.6 Å². The molecule has 1 aromatic carbocycles. The highest BCUT2D eigenvalue weighted by molar-refractivity contribution is 5.71. The fraction of sp³-hybridized carbons (Fsp3) is 0.154. The Labute approximate surface area is 117 Å². The minimum Gasteiger partial charge on any atom is -0.481 e. The van der Waals surface area contributed by atoms with Crippen molar-refractivity contribution in [1.82, 2.24) is 9.97 Å². The third-order valence-electron chi connectivity index (χ3n) is 2.72. The number of nitrogen functional groups attached to an aromatic ring is 1. The number of aromatic nitrogens is 2. The van der Waals surface area contributed by atoms with E-state index in [9.17, 15) is 18.4 Å². The predicted octanol–water partition coefficient (Wildman–Crippen LogP) is 0.848. The van der Waals surface area contributed by atoms with E-state index in [0.717, 1.165) is 18.2 Å². The number of halogens is 2. The maximum absolute atomic E-state index is 13.1. The van der Waals surface area contributed by atoms with Crippen LogP contribution in [0.15, 0.2) is 23.0 Å². The van der Waals surface area contributed by atoms with E-state index in [1.807, 2.05) is 0 Å². The largest absolute Gasteiger partial charge is 0.481 e. The molecule has 110 valence electrons. The molecule has 0 aliphatic heterocycles. The van der Waals surface area contributed by atoms with E-state index >= 15 is 0 Å². The van der Waals surface area contributed by atoms with Crippen LogP contribution in [-0.2, 0) is 17.6 Å². The number of hydrogen-bond donors (Lipinski definition) is 3. The Morgan fingerprint density at radius 3 is 2.43 bits per heavy atom. The molecule has 2 rings (SSSR count). The van der Waals surface area contributed by atoms with Crippen LogP contribution in [0, 0.1) is 11.6 Å². The molecule has 4 N–H and O–H groups in total. The van der Waals surface area contributed by atoms with Crippen molar-refractivity contribution in [2.45, 2.75) is 12.8 Å². The van der Waals surface area contributed by atoms with Gasteiger partial charge >= 0.3 is 5.97 Å². The fourth-order valence-electron chi connectivity index (χ4n) is 1.88. The minimum absolute atomic E-state index is 0.0402. The summed E-state index contributed by atoms with van der Waals surface area (Å²) in [5.41, 5.74) is 4.97. The third-order valence-corrected chi connectivity index (χ3v) is 2.72. The number of H-pyrrole nitrogens is 1. The van der Waals surface area contributed by atoms with Gasteiger partial charge in [-0.3, -0.25) is 9.59 Å². The highest BCUT2D eigenvalue weighted by Gasteiger charge is 2.13. The van der Waals surface area contributed by atoms with Crippen LogP contribution >= 0.6 is 0 Å². The zero-order valence-corrected chi connectivity index (χ0v) is 10.7. The van der Waals surface area contributed by atoms with Crippen LogP contribution in [0.1, 0.15) is 17.0 Å². The monoisotopic (exact) mass is 295 g/mol. The number of carbonyl (C=O) groups is 1. The fourth-order valence-corrected chi connectivity index (χ4v) is 1.88. The average Bonchev–Trinajstić information content (AvgIpc) is 2.32. The number of aliphatic carboxylic acids is 1. The summed E-state index contributed by atoms with van der Waals surface area (Å²) in [5, 5.41) is 8.66. The molecule has 0 aliphatic rings. The number of nitrogens with one attached hydrogen (secondary N) is 1. The Morgan fingerprint density at radius 2 is 1.90 bits per heavy atom. The predicted molar refractivity (Wildman–Crippen MR) is 69.8 cm³/mol. The lowest BCUT2D eigenvalue weighted by Gasteiger charge is -2.06. The second-order valence-corrected chi connectivity index (χ2v) is 4.40. The molecule has 1 aromatic heterocycles. The quantitative estimate of drug-likeness (QED) is 0.774. The van der Waals surface area contributed by atoms with Gasteiger partial charge in [-0.25, -0.2) is 13.8 Å². The van der Waals surface area contributed by atoms with Crippen LogP contribution in [0.3, 0.4) is 0 Å². The number of benzene rings is 1. The maximum atomic E-state index is 13.1. The minimum atomic E-state index is -1.21. The molecule has 0 spiro atoms. The van der Waals surface area contributed by atoms with Crippen molar-refractivity contribution in [2.75, 3.05) is 5.73 Å². The number of carboxylic acid groups (broad SMARTS) is 1. The van der Waals surface area contributed by atoms with Gasteiger partial charge in [0.1, 0.15) is 23.3 Å². The highest BCUT2D eigenvalue weighted by Crippen LogP contribution is 2.12. The first-order valence-electron chi connectivity index (χ1n) is 5.89. The molecule has 0 amide bonds. The van der Waals surface area contributed by atoms with Crippen molar-refractivity contribution in [2.24, 2.45) is 0 Å². The highest BCUT2D eigenvalue weighted by atomic mass is 19.1. The first-order valence-corrected chi connectivity index (χ1v) is 5.89. The Balaban J connectivity index is 2.33. The SMILES string of the molecule is Nc1nc(Cc2cc(F)cc(F)c2)[nH]c(=O)c1CC(=O)O. The summed E-state index contributed by atoms with van der Waals surface area (Å²) in [5.74, 6) is -2.83. The van der Waals surface area contributed by atoms with Gasteiger partial charge in [-0.2, -0.15) is 0 Å². The van der Waals surface area contributed by atoms with Gasteiger partial charge in [-0.1, -0.05) is 0 Å². The number of carboxylic acids is 1. The third kappa shape index (κ3) is 3.62. The number of nitrogens with zero attached hydrogens (tertiary/aromatic N) is 1. The molecule has 21 heavy (non-hydrogen) atoms. The van der Waals surface area contributed by atoms with Crippen molar-refractivity contribution in [1.29, 1.82) is 0 Å². The Morgan fingerprint density at radius 1 is 1.29 bits per heavy atom. The van der Waals surface area contributed by atoms with Gasteiger partial charge in [0.25, 0.3) is 5.56 Å². The molecule has 0 saturated heterocycles. The smallest absolute Gasteiger partial charge is 0.308 e. The van der Waals surface area contributed by atoms with Gasteiger partial charge in [0, 0.05) is 12.5 Å². The van der Waals surface area contributed by atoms with Gasteiger partial charge in [-0.05, 0) is 17.7 Å². The molecule has 0 atom stereocenters. The summed E-state index contributed by atoms with van der Waals surface area (Å²) in [4.78, 5) is 28.5. The maximum Gasteiger partial charge on any atom is 0.308 e. The lowest BCUT2D eigenvalue weighted by Crippen LogP contribution is -2.22. The Bertz CT molecular complexity index is 739. The van der Waals surface area contributed by atoms with Gasteiger partial charge in [0.05, 0.1) is 12.0 Å². The van der Waals surface area contributed by atoms with E-state index in [2.05, 4.69) is 9.97 Å². The van der Waals surface area contributed by atoms with E-state index in [1.165, 1.54) is 0 Å². The molecule has 0 aliphatic carbocycles. The first-order chi connectivity index (χ1) is 9.85. The molecule has 8 heteroatoms. The van der Waals surface area contributed by atoms with Gasteiger partial charge in [-0.15, -0.1) is 0 Å². The summed E-state index contributed by atoms with van der Waals surface area (Å²) in [6.45, 7) is 0. The number of nitrogens with two attached hydrogens (primary N) is 1. The molecular weight excluding hydrogens is 284 g/mol. The van der Waals surface area contributed by atoms with Crippen molar-refractivity contribution in [3.63, 3.8) is 0 Å². The summed E-state index contributed by atoms with van der Waals surface area (Å²) < 4.78 is 26.1. The molecule has 2 aromatic rings. The zero-order valence-electron chi connectivity index (χ0n) is 10.7. The molecule has 0 fully saturated rings. The molecule has 0 radical (unpaired) electrons. The van der Waals surface area contributed by atoms with Crippen molar-refractivity contribution < 1.29 is 18.7 Å². The van der Waals surface area contributed by atoms with Gasteiger partial charge in [0.15, 0.2) is 0 Å². The average molecular weight is 295 g/mol. The van der Waals surface area contributed by atoms with E-state index in [1.54, 1.807) is 0 Å². The molecule has 0 unspecified atom stereocenters. The van der Waals surface area contributed by atoms with Crippen molar-refractivity contribution in [3.05, 3.63) is 57.1 Å². The number of rotatable bonds is 4. The van der Waals surface area contributed by atoms with E-state index in [4.69, 9.17) is 10.8 Å². The lowest BCUT2D eigenvalue weighted by atomic mass is 10.1. The summed E-state index contributed by atoms with van der Waals surface area (Å²) in [6.07, 6.45) is -0.593. The second-order valence-electron chi connectivity index (χ2n) is 4.40. The standard InChI is InChI=1S/C13H11F2N3O3/c14-7-1-6(2-8(15)4-7)3-10-17-12(16)9(5-11(19)20)13(21)18-10/h1-2,4H,3,5H2,(H,19,20)(H3,16,17,18,21). The molecule has 0 saturated carbocycles. The van der Waals surface area contributed by atoms with Crippen LogP contribution < -0.4 is 11.3 Å². The summed E-state index contributed by atoms with van der Waals surface area (Å²) >= 11 is 0. The Kier molecular flexibility index (Phi) is 3.97. The van der Waals surface area contributed by atoms with E-state index in [0.29, 0.717) is 0 Å². The lowest BCUT2D eigenvalue weighted by molar-refractivity contribution is -0.136. The number of aromatic amines is 1. The normalized spacial score (nSPS) is 10.6. The molecule has 6 nitrogen and oxygen atoms in total. The first kappa shape index (κ1) is 14.6. The van der Waals surface area contributed by atoms with E-state index < -0.39 is 29.6 Å². The number of hydrogen-bond acceptors (Lipinski definition) is 4. The van der Waals surface area contributed by atoms with E-state index in [-0.39, 0.29) is 29.2 Å². The molecule has 0 bridgehead atoms. The van der Waals surface area contributed by atoms with Crippen molar-refractivity contribution >= 4 is 11.8 Å². The van der Waals surface area contributed by atoms with Crippen LogP contribution in [0.5, 0.6) is 0 Å². The zero-order chi connectivity index (χ0) is 15.6. The molecular formula is C13H11F2N3O3. The summed E-state index contributed by atoms with van der Waals surface area (Å²) in [7, 11) is 0. The summed E-state index contributed by atoms with van der Waals surface area (Å²) in [6, 6.07) is 2.93. The van der Waals surface area contributed by atoms with Crippen molar-refractivity contribution in [3.8, 4) is 0 Å².